The van der Waals surface area contributed by atoms with Crippen LogP contribution in [0, 0.1) is 5.92 Å². The average Bonchev–Trinajstić information content (AvgIpc) is 2.73. The van der Waals surface area contributed by atoms with E-state index >= 15 is 0 Å². The summed E-state index contributed by atoms with van der Waals surface area (Å²) in [6.07, 6.45) is 0.772. The molecule has 1 atom stereocenters. The van der Waals surface area contributed by atoms with Crippen molar-refractivity contribution < 1.29 is 14.3 Å². The Balaban J connectivity index is 1.35. The Bertz CT molecular complexity index is 767. The molecule has 4 rings (SSSR count). The lowest BCUT2D eigenvalue weighted by atomic mass is 9.95. The van der Waals surface area contributed by atoms with Gasteiger partial charge in [-0.05, 0) is 42.3 Å². The smallest absolute Gasteiger partial charge is 0.229 e. The number of hydrogen-bond acceptors (Lipinski definition) is 4. The molecule has 0 aromatic heterocycles. The molecule has 2 aliphatic rings. The van der Waals surface area contributed by atoms with Crippen molar-refractivity contribution in [3.63, 3.8) is 0 Å². The lowest BCUT2D eigenvalue weighted by molar-refractivity contribution is -0.137. The summed E-state index contributed by atoms with van der Waals surface area (Å²) in [6, 6.07) is 16.1. The monoisotopic (exact) mass is 352 g/mol. The number of ether oxygens (including phenoxy) is 2. The number of carbonyl (C=O) groups is 1. The van der Waals surface area contributed by atoms with E-state index < -0.39 is 0 Å². The van der Waals surface area contributed by atoms with Gasteiger partial charge in [0.25, 0.3) is 0 Å². The van der Waals surface area contributed by atoms with Crippen LogP contribution in [0.5, 0.6) is 11.5 Å². The zero-order valence-electron chi connectivity index (χ0n) is 15.1. The highest BCUT2D eigenvalue weighted by molar-refractivity contribution is 5.80. The Morgan fingerprint density at radius 2 is 1.77 bits per heavy atom. The molecular formula is C21H24N2O3. The van der Waals surface area contributed by atoms with Crippen molar-refractivity contribution in [3.8, 4) is 11.5 Å². The number of amides is 1. The third-order valence-electron chi connectivity index (χ3n) is 5.26. The van der Waals surface area contributed by atoms with Crippen LogP contribution in [0.25, 0.3) is 0 Å². The van der Waals surface area contributed by atoms with E-state index in [1.807, 2.05) is 35.2 Å². The molecule has 0 spiro atoms. The topological polar surface area (TPSA) is 42.0 Å². The molecule has 0 saturated carbocycles. The van der Waals surface area contributed by atoms with Crippen molar-refractivity contribution in [2.45, 2.75) is 6.42 Å². The summed E-state index contributed by atoms with van der Waals surface area (Å²) in [6.45, 7) is 3.69. The van der Waals surface area contributed by atoms with Crippen LogP contribution in [0.4, 0.5) is 5.69 Å². The maximum Gasteiger partial charge on any atom is 0.229 e. The number of fused-ring (bicyclic) bond motifs is 1. The van der Waals surface area contributed by atoms with Gasteiger partial charge in [0.1, 0.15) is 18.1 Å². The predicted octanol–water partition coefficient (Wildman–Crippen LogP) is 2.60. The summed E-state index contributed by atoms with van der Waals surface area (Å²) in [5.74, 6) is 1.92. The quantitative estimate of drug-likeness (QED) is 0.852. The first kappa shape index (κ1) is 16.8. The number of nitrogens with zero attached hydrogens (tertiary/aromatic N) is 2. The van der Waals surface area contributed by atoms with Crippen molar-refractivity contribution >= 4 is 11.6 Å². The number of hydrogen-bond donors (Lipinski definition) is 0. The highest BCUT2D eigenvalue weighted by atomic mass is 16.5. The van der Waals surface area contributed by atoms with Crippen LogP contribution in [0.15, 0.2) is 48.5 Å². The molecule has 0 aliphatic carbocycles. The first-order valence-electron chi connectivity index (χ1n) is 9.13. The van der Waals surface area contributed by atoms with Gasteiger partial charge < -0.3 is 19.3 Å². The summed E-state index contributed by atoms with van der Waals surface area (Å²) < 4.78 is 11.0. The summed E-state index contributed by atoms with van der Waals surface area (Å²) in [7, 11) is 1.67. The normalized spacial score (nSPS) is 19.5. The molecule has 5 heteroatoms. The lowest BCUT2D eigenvalue weighted by Crippen LogP contribution is -2.51. The second kappa shape index (κ2) is 7.28. The molecule has 0 N–H and O–H groups in total. The van der Waals surface area contributed by atoms with Gasteiger partial charge in [-0.1, -0.05) is 18.2 Å². The maximum absolute atomic E-state index is 12.9. The molecule has 2 aromatic carbocycles. The van der Waals surface area contributed by atoms with Crippen LogP contribution in [0.3, 0.4) is 0 Å². The van der Waals surface area contributed by atoms with Gasteiger partial charge in [0.2, 0.25) is 5.91 Å². The third-order valence-corrected chi connectivity index (χ3v) is 5.26. The molecule has 1 amide bonds. The molecular weight excluding hydrogens is 328 g/mol. The Morgan fingerprint density at radius 1 is 1.04 bits per heavy atom. The predicted molar refractivity (Wildman–Crippen MR) is 101 cm³/mol. The minimum absolute atomic E-state index is 0.0718. The zero-order valence-corrected chi connectivity index (χ0v) is 15.1. The van der Waals surface area contributed by atoms with Crippen LogP contribution >= 0.6 is 0 Å². The van der Waals surface area contributed by atoms with E-state index in [2.05, 4.69) is 23.1 Å². The van der Waals surface area contributed by atoms with Gasteiger partial charge in [0.15, 0.2) is 0 Å². The van der Waals surface area contributed by atoms with Crippen molar-refractivity contribution in [2.24, 2.45) is 5.92 Å². The second-order valence-electron chi connectivity index (χ2n) is 6.83. The Morgan fingerprint density at radius 3 is 2.50 bits per heavy atom. The highest BCUT2D eigenvalue weighted by Gasteiger charge is 2.31. The van der Waals surface area contributed by atoms with Crippen LogP contribution < -0.4 is 14.4 Å². The van der Waals surface area contributed by atoms with Gasteiger partial charge in [-0.25, -0.2) is 0 Å². The molecule has 0 radical (unpaired) electrons. The second-order valence-corrected chi connectivity index (χ2v) is 6.83. The molecule has 136 valence electrons. The molecule has 2 heterocycles. The Kier molecular flexibility index (Phi) is 4.69. The van der Waals surface area contributed by atoms with Gasteiger partial charge in [0.05, 0.1) is 13.0 Å². The molecule has 2 aromatic rings. The largest absolute Gasteiger partial charge is 0.497 e. The molecule has 1 unspecified atom stereocenters. The van der Waals surface area contributed by atoms with E-state index in [9.17, 15) is 4.79 Å². The number of methoxy groups -OCH3 is 1. The minimum Gasteiger partial charge on any atom is -0.497 e. The van der Waals surface area contributed by atoms with Gasteiger partial charge in [0, 0.05) is 31.9 Å². The summed E-state index contributed by atoms with van der Waals surface area (Å²) >= 11 is 0. The van der Waals surface area contributed by atoms with Crippen LogP contribution in [-0.2, 0) is 11.2 Å². The Labute approximate surface area is 154 Å². The number of benzene rings is 2. The fourth-order valence-corrected chi connectivity index (χ4v) is 3.72. The van der Waals surface area contributed by atoms with Gasteiger partial charge in [-0.15, -0.1) is 0 Å². The fourth-order valence-electron chi connectivity index (χ4n) is 3.72. The molecule has 0 bridgehead atoms. The maximum atomic E-state index is 12.9. The summed E-state index contributed by atoms with van der Waals surface area (Å²) in [4.78, 5) is 17.2. The fraction of sp³-hybridized carbons (Fsp3) is 0.381. The van der Waals surface area contributed by atoms with Gasteiger partial charge in [-0.2, -0.15) is 0 Å². The first-order valence-corrected chi connectivity index (χ1v) is 9.13. The van der Waals surface area contributed by atoms with Gasteiger partial charge in [-0.3, -0.25) is 4.79 Å². The van der Waals surface area contributed by atoms with Crippen molar-refractivity contribution in [3.05, 3.63) is 54.1 Å². The first-order chi connectivity index (χ1) is 12.7. The number of piperazine rings is 1. The number of para-hydroxylation sites is 1. The molecule has 1 saturated heterocycles. The van der Waals surface area contributed by atoms with Crippen molar-refractivity contribution in [1.82, 2.24) is 4.90 Å². The summed E-state index contributed by atoms with van der Waals surface area (Å²) in [5, 5.41) is 0. The number of anilines is 1. The van der Waals surface area contributed by atoms with Gasteiger partial charge >= 0.3 is 0 Å². The number of rotatable bonds is 3. The van der Waals surface area contributed by atoms with Crippen LogP contribution in [0.1, 0.15) is 5.56 Å². The molecule has 5 nitrogen and oxygen atoms in total. The zero-order chi connectivity index (χ0) is 17.9. The van der Waals surface area contributed by atoms with E-state index in [1.54, 1.807) is 7.11 Å². The number of carbonyl (C=O) groups excluding carboxylic acids is 1. The van der Waals surface area contributed by atoms with E-state index in [4.69, 9.17) is 9.47 Å². The standard InChI is InChI=1S/C21H24N2O3/c1-25-19-8-6-18(7-9-19)22-10-12-23(13-11-22)21(24)17-14-16-4-2-3-5-20(16)26-15-17/h2-9,17H,10-15H2,1H3. The van der Waals surface area contributed by atoms with E-state index in [0.29, 0.717) is 6.61 Å². The van der Waals surface area contributed by atoms with Crippen molar-refractivity contribution in [1.29, 1.82) is 0 Å². The SMILES string of the molecule is COc1ccc(N2CCN(C(=O)C3COc4ccccc4C3)CC2)cc1. The average molecular weight is 352 g/mol. The third kappa shape index (κ3) is 3.34. The van der Waals surface area contributed by atoms with Crippen molar-refractivity contribution in [2.75, 3.05) is 44.8 Å². The van der Waals surface area contributed by atoms with E-state index in [-0.39, 0.29) is 11.8 Å². The Hall–Kier alpha value is -2.69. The van der Waals surface area contributed by atoms with Crippen LogP contribution in [-0.4, -0.2) is 50.7 Å². The van der Waals surface area contributed by atoms with E-state index in [0.717, 1.165) is 49.7 Å². The lowest BCUT2D eigenvalue weighted by Gasteiger charge is -2.38. The molecule has 2 aliphatic heterocycles. The summed E-state index contributed by atoms with van der Waals surface area (Å²) in [5.41, 5.74) is 2.31. The molecule has 1 fully saturated rings. The molecule has 26 heavy (non-hydrogen) atoms. The minimum atomic E-state index is -0.0718. The van der Waals surface area contributed by atoms with Crippen LogP contribution in [0.2, 0.25) is 0 Å². The van der Waals surface area contributed by atoms with E-state index in [1.165, 1.54) is 5.69 Å². The highest BCUT2D eigenvalue weighted by Crippen LogP contribution is 2.28.